The Kier molecular flexibility index (Phi) is 8.41. The van der Waals surface area contributed by atoms with Gasteiger partial charge in [-0.05, 0) is 113 Å². The Bertz CT molecular complexity index is 3770. The number of hydrogen-bond acceptors (Lipinski definition) is 1. The van der Waals surface area contributed by atoms with Crippen LogP contribution in [0.4, 0.5) is 0 Å². The monoisotopic (exact) mass is 912 g/mol. The van der Waals surface area contributed by atoms with Crippen LogP contribution in [0.15, 0.2) is 221 Å². The summed E-state index contributed by atoms with van der Waals surface area (Å²) in [6.45, 7) is 0. The topological polar surface area (TPSA) is 13.1 Å². The lowest BCUT2D eigenvalue weighted by Gasteiger charge is -2.20. The third kappa shape index (κ3) is 5.64. The molecule has 1 nitrogen and oxygen atoms in total. The molecule has 0 aliphatic carbocycles. The highest BCUT2D eigenvalue weighted by molar-refractivity contribution is 14.2. The van der Waals surface area contributed by atoms with E-state index >= 15 is 0 Å². The van der Waals surface area contributed by atoms with Crippen molar-refractivity contribution in [1.29, 1.82) is 0 Å². The molecule has 0 saturated carbocycles. The zero-order valence-electron chi connectivity index (χ0n) is 34.1. The zero-order chi connectivity index (χ0) is 41.4. The molecule has 0 atom stereocenters. The second-order valence-electron chi connectivity index (χ2n) is 16.4. The van der Waals surface area contributed by atoms with Crippen LogP contribution >= 0.6 is 20.7 Å². The van der Waals surface area contributed by atoms with Crippen LogP contribution in [0.2, 0.25) is 0 Å². The summed E-state index contributed by atoms with van der Waals surface area (Å²) in [4.78, 5) is 0. The second kappa shape index (κ2) is 14.6. The molecule has 0 unspecified atom stereocenters. The first-order valence-corrected chi connectivity index (χ1v) is 24.0. The summed E-state index contributed by atoms with van der Waals surface area (Å²) >= 11 is -0.431. The molecule has 0 radical (unpaired) electrons. The molecule has 0 amide bonds. The van der Waals surface area contributed by atoms with E-state index in [1.54, 1.807) is 0 Å². The smallest absolute Gasteiger partial charge is 0.144 e. The molecular formula is C61H37IO. The summed E-state index contributed by atoms with van der Waals surface area (Å²) < 4.78 is 12.1. The minimum Gasteiger partial charge on any atom is -0.455 e. The van der Waals surface area contributed by atoms with Gasteiger partial charge in [-0.25, -0.2) is 0 Å². The van der Waals surface area contributed by atoms with Gasteiger partial charge >= 0.3 is 0 Å². The van der Waals surface area contributed by atoms with Gasteiger partial charge in [0.1, 0.15) is 11.3 Å². The van der Waals surface area contributed by atoms with Crippen LogP contribution in [0.5, 0.6) is 0 Å². The molecule has 0 N–H and O–H groups in total. The third-order valence-electron chi connectivity index (χ3n) is 13.1. The lowest BCUT2D eigenvalue weighted by Crippen LogP contribution is -1.98. The van der Waals surface area contributed by atoms with Gasteiger partial charge in [0, 0.05) is 22.1 Å². The molecule has 1 aliphatic heterocycles. The van der Waals surface area contributed by atoms with Crippen molar-refractivity contribution >= 4 is 95.1 Å². The molecule has 12 aromatic rings. The predicted molar refractivity (Wildman–Crippen MR) is 278 cm³/mol. The standard InChI is InChI=1S/C61H37IO/c1-2-17-40(18-3-1)56-44-21-6-10-25-48(44)58(49-26-11-7-22-45(49)56)52-30-15-31-55-60(52)54-37-62-36-53(61(54)63-55)59-50-27-12-8-23-46(50)57(47-24-9-13-28-51(47)59)41-34-32-39(33-35-41)43-29-14-19-38-16-4-5-20-42(38)43/h1-37H. The molecule has 2 heteroatoms. The van der Waals surface area contributed by atoms with Crippen molar-refractivity contribution in [2.24, 2.45) is 0 Å². The summed E-state index contributed by atoms with van der Waals surface area (Å²) in [5.41, 5.74) is 14.5. The maximum atomic E-state index is 7.15. The van der Waals surface area contributed by atoms with E-state index in [9.17, 15) is 0 Å². The lowest BCUT2D eigenvalue weighted by molar-refractivity contribution is 0.600. The summed E-state index contributed by atoms with van der Waals surface area (Å²) in [6.07, 6.45) is 0. The molecule has 13 rings (SSSR count). The van der Waals surface area contributed by atoms with Gasteiger partial charge in [-0.15, -0.1) is 0 Å². The van der Waals surface area contributed by atoms with Crippen LogP contribution in [0, 0.1) is 0 Å². The van der Waals surface area contributed by atoms with Crippen molar-refractivity contribution in [3.05, 3.63) is 233 Å². The number of benzene rings is 11. The van der Waals surface area contributed by atoms with Crippen molar-refractivity contribution in [3.8, 4) is 44.5 Å². The molecule has 11 aromatic carbocycles. The molecule has 1 aliphatic rings. The molecular weight excluding hydrogens is 876 g/mol. The Labute approximate surface area is 374 Å². The van der Waals surface area contributed by atoms with E-state index in [2.05, 4.69) is 220 Å². The van der Waals surface area contributed by atoms with Crippen LogP contribution in [-0.2, 0) is 0 Å². The highest BCUT2D eigenvalue weighted by Gasteiger charge is 2.27. The summed E-state index contributed by atoms with van der Waals surface area (Å²) in [7, 11) is 0. The average molecular weight is 913 g/mol. The summed E-state index contributed by atoms with van der Waals surface area (Å²) in [5.74, 6) is 0.959. The first-order valence-electron chi connectivity index (χ1n) is 21.5. The van der Waals surface area contributed by atoms with E-state index in [0.717, 1.165) is 11.3 Å². The number of halogens is 1. The fourth-order valence-corrected chi connectivity index (χ4v) is 12.5. The Morgan fingerprint density at radius 1 is 0.317 bits per heavy atom. The van der Waals surface area contributed by atoms with E-state index in [4.69, 9.17) is 4.42 Å². The highest BCUT2D eigenvalue weighted by atomic mass is 127. The molecule has 2 heterocycles. The molecule has 294 valence electrons. The minimum atomic E-state index is -0.431. The predicted octanol–water partition coefficient (Wildman–Crippen LogP) is 17.4. The zero-order valence-corrected chi connectivity index (χ0v) is 36.3. The SMILES string of the molecule is C1=IC=C(c2c3ccccc3c(-c3ccc(-c4cccc5ccccc45)cc3)c3ccccc23)c2oc3cccc(-c4c5ccccc5c(-c5ccccc5)c5ccccc45)c3c21. The lowest BCUT2D eigenvalue weighted by atomic mass is 9.84. The molecule has 0 bridgehead atoms. The quantitative estimate of drug-likeness (QED) is 0.124. The Morgan fingerprint density at radius 3 is 1.37 bits per heavy atom. The molecule has 63 heavy (non-hydrogen) atoms. The highest BCUT2D eigenvalue weighted by Crippen LogP contribution is 2.50. The van der Waals surface area contributed by atoms with Crippen LogP contribution in [0.1, 0.15) is 16.9 Å². The fraction of sp³-hybridized carbons (Fsp3) is 0. The van der Waals surface area contributed by atoms with Crippen LogP contribution < -0.4 is 0 Å². The largest absolute Gasteiger partial charge is 0.455 e. The summed E-state index contributed by atoms with van der Waals surface area (Å²) in [5, 5.41) is 13.7. The van der Waals surface area contributed by atoms with Gasteiger partial charge in [0.2, 0.25) is 0 Å². The molecule has 1 aromatic heterocycles. The first kappa shape index (κ1) is 36.3. The number of fused-ring (bicyclic) bond motifs is 8. The Morgan fingerprint density at radius 2 is 0.762 bits per heavy atom. The van der Waals surface area contributed by atoms with Gasteiger partial charge in [0.25, 0.3) is 0 Å². The maximum absolute atomic E-state index is 7.15. The minimum absolute atomic E-state index is 0.431. The van der Waals surface area contributed by atoms with E-state index < -0.39 is 20.7 Å². The number of hydrogen-bond donors (Lipinski definition) is 0. The van der Waals surface area contributed by atoms with Crippen molar-refractivity contribution in [1.82, 2.24) is 0 Å². The van der Waals surface area contributed by atoms with E-state index in [-0.39, 0.29) is 0 Å². The number of furan rings is 1. The van der Waals surface area contributed by atoms with Crippen LogP contribution in [0.25, 0.3) is 115 Å². The fourth-order valence-electron chi connectivity index (χ4n) is 10.4. The normalized spacial score (nSPS) is 12.6. The van der Waals surface area contributed by atoms with E-state index in [0.29, 0.717) is 0 Å². The maximum Gasteiger partial charge on any atom is 0.144 e. The molecule has 0 fully saturated rings. The van der Waals surface area contributed by atoms with E-state index in [1.165, 1.54) is 120 Å². The number of rotatable bonds is 5. The van der Waals surface area contributed by atoms with Crippen molar-refractivity contribution in [3.63, 3.8) is 0 Å². The Balaban J connectivity index is 1.01. The summed E-state index contributed by atoms with van der Waals surface area (Å²) in [6, 6.07) is 77.7. The van der Waals surface area contributed by atoms with Crippen LogP contribution in [0.3, 0.4) is 0 Å². The van der Waals surface area contributed by atoms with Crippen molar-refractivity contribution in [2.45, 2.75) is 0 Å². The third-order valence-corrected chi connectivity index (χ3v) is 15.0. The van der Waals surface area contributed by atoms with Gasteiger partial charge in [0.15, 0.2) is 0 Å². The van der Waals surface area contributed by atoms with Crippen LogP contribution in [-0.4, -0.2) is 4.01 Å². The molecule has 0 saturated heterocycles. The van der Waals surface area contributed by atoms with Gasteiger partial charge in [0.05, 0.1) is 0 Å². The van der Waals surface area contributed by atoms with Crippen molar-refractivity contribution in [2.75, 3.05) is 0 Å². The van der Waals surface area contributed by atoms with E-state index in [1.807, 2.05) is 0 Å². The van der Waals surface area contributed by atoms with Crippen molar-refractivity contribution < 1.29 is 4.42 Å². The van der Waals surface area contributed by atoms with Gasteiger partial charge in [-0.1, -0.05) is 227 Å². The van der Waals surface area contributed by atoms with Gasteiger partial charge in [-0.3, -0.25) is 0 Å². The molecule has 0 spiro atoms. The first-order chi connectivity index (χ1) is 31.3. The van der Waals surface area contributed by atoms with Gasteiger partial charge in [-0.2, -0.15) is 0 Å². The second-order valence-corrected chi connectivity index (χ2v) is 18.4. The average Bonchev–Trinajstić information content (AvgIpc) is 3.75. The Hall–Kier alpha value is -7.40. The van der Waals surface area contributed by atoms with Gasteiger partial charge < -0.3 is 4.42 Å².